The zero-order valence-corrected chi connectivity index (χ0v) is 9.51. The fourth-order valence-corrected chi connectivity index (χ4v) is 1.18. The first-order valence-electron chi connectivity index (χ1n) is 3.01. The summed E-state index contributed by atoms with van der Waals surface area (Å²) >= 11 is 3.40. The quantitative estimate of drug-likeness (QED) is 0.641. The molecule has 3 N–H and O–H groups in total. The first-order valence-corrected chi connectivity index (χ1v) is 3.81. The van der Waals surface area contributed by atoms with Crippen molar-refractivity contribution in [2.45, 2.75) is 6.54 Å². The van der Waals surface area contributed by atoms with Gasteiger partial charge in [0.2, 0.25) is 0 Å². The molecule has 0 bridgehead atoms. The summed E-state index contributed by atoms with van der Waals surface area (Å²) in [6.07, 6.45) is 0. The van der Waals surface area contributed by atoms with Crippen molar-refractivity contribution in [2.75, 3.05) is 0 Å². The summed E-state index contributed by atoms with van der Waals surface area (Å²) in [7, 11) is 0. The smallest absolute Gasteiger partial charge is 0.0359 e. The maximum atomic E-state index is 5.16. The van der Waals surface area contributed by atoms with Gasteiger partial charge in [-0.15, -0.1) is 24.8 Å². The molecular formula is C7H11BrCl2N2. The molecule has 0 aliphatic rings. The summed E-state index contributed by atoms with van der Waals surface area (Å²) in [4.78, 5) is 0. The normalized spacial score (nSPS) is 8.17. The largest absolute Gasteiger partial charge is 0.271 e. The predicted octanol–water partition coefficient (Wildman–Crippen LogP) is 2.26. The van der Waals surface area contributed by atoms with Gasteiger partial charge in [0.1, 0.15) is 0 Å². The zero-order valence-electron chi connectivity index (χ0n) is 6.29. The standard InChI is InChI=1S/C7H9BrN2.2ClH/c8-7-4-2-1-3-6(7)5-10-9;;/h1-4,10H,5,9H2;2*1H. The first-order chi connectivity index (χ1) is 4.84. The first kappa shape index (κ1) is 14.7. The molecule has 0 radical (unpaired) electrons. The summed E-state index contributed by atoms with van der Waals surface area (Å²) < 4.78 is 1.09. The maximum Gasteiger partial charge on any atom is 0.0359 e. The lowest BCUT2D eigenvalue weighted by Gasteiger charge is -2.00. The van der Waals surface area contributed by atoms with E-state index in [1.807, 2.05) is 24.3 Å². The second-order valence-electron chi connectivity index (χ2n) is 1.97. The van der Waals surface area contributed by atoms with Crippen molar-refractivity contribution in [1.29, 1.82) is 0 Å². The van der Waals surface area contributed by atoms with Gasteiger partial charge in [-0.2, -0.15) is 0 Å². The van der Waals surface area contributed by atoms with Crippen LogP contribution in [0.15, 0.2) is 28.7 Å². The van der Waals surface area contributed by atoms with E-state index in [2.05, 4.69) is 21.4 Å². The minimum absolute atomic E-state index is 0. The average Bonchev–Trinajstić information content (AvgIpc) is 1.94. The van der Waals surface area contributed by atoms with Crippen LogP contribution in [0.3, 0.4) is 0 Å². The molecule has 1 rings (SSSR count). The summed E-state index contributed by atoms with van der Waals surface area (Å²) in [5.41, 5.74) is 3.77. The van der Waals surface area contributed by atoms with Crippen molar-refractivity contribution >= 4 is 40.7 Å². The van der Waals surface area contributed by atoms with Gasteiger partial charge in [-0.05, 0) is 11.6 Å². The Hall–Kier alpha value is 0.200. The lowest BCUT2D eigenvalue weighted by Crippen LogP contribution is -2.20. The molecule has 0 saturated carbocycles. The molecule has 12 heavy (non-hydrogen) atoms. The lowest BCUT2D eigenvalue weighted by atomic mass is 10.2. The Morgan fingerprint density at radius 3 is 2.33 bits per heavy atom. The Morgan fingerprint density at radius 2 is 1.83 bits per heavy atom. The highest BCUT2D eigenvalue weighted by Gasteiger charge is 1.93. The van der Waals surface area contributed by atoms with Crippen molar-refractivity contribution in [1.82, 2.24) is 5.43 Å². The number of hydrazine groups is 1. The number of benzene rings is 1. The highest BCUT2D eigenvalue weighted by molar-refractivity contribution is 9.10. The SMILES string of the molecule is Cl.Cl.NNCc1ccccc1Br. The summed E-state index contributed by atoms with van der Waals surface area (Å²) in [6.45, 7) is 0.696. The fourth-order valence-electron chi connectivity index (χ4n) is 0.752. The van der Waals surface area contributed by atoms with E-state index in [1.165, 1.54) is 5.56 Å². The van der Waals surface area contributed by atoms with Gasteiger partial charge in [0.05, 0.1) is 0 Å². The van der Waals surface area contributed by atoms with Crippen LogP contribution in [0.1, 0.15) is 5.56 Å². The third-order valence-corrected chi connectivity index (χ3v) is 2.02. The molecule has 0 fully saturated rings. The average molecular weight is 274 g/mol. The van der Waals surface area contributed by atoms with Gasteiger partial charge in [-0.3, -0.25) is 11.3 Å². The molecule has 0 unspecified atom stereocenters. The highest BCUT2D eigenvalue weighted by atomic mass is 79.9. The van der Waals surface area contributed by atoms with E-state index in [9.17, 15) is 0 Å². The third kappa shape index (κ3) is 4.28. The van der Waals surface area contributed by atoms with Crippen LogP contribution in [-0.2, 0) is 6.54 Å². The molecule has 0 saturated heterocycles. The molecule has 0 aliphatic heterocycles. The second-order valence-corrected chi connectivity index (χ2v) is 2.83. The number of halogens is 3. The van der Waals surface area contributed by atoms with E-state index in [0.717, 1.165) is 4.47 Å². The van der Waals surface area contributed by atoms with E-state index >= 15 is 0 Å². The van der Waals surface area contributed by atoms with Crippen LogP contribution >= 0.6 is 40.7 Å². The Morgan fingerprint density at radius 1 is 1.25 bits per heavy atom. The van der Waals surface area contributed by atoms with E-state index in [4.69, 9.17) is 5.84 Å². The van der Waals surface area contributed by atoms with Crippen molar-refractivity contribution in [3.63, 3.8) is 0 Å². The van der Waals surface area contributed by atoms with Crippen LogP contribution in [0.4, 0.5) is 0 Å². The lowest BCUT2D eigenvalue weighted by molar-refractivity contribution is 0.739. The number of nitrogens with one attached hydrogen (secondary N) is 1. The van der Waals surface area contributed by atoms with Crippen LogP contribution in [0.2, 0.25) is 0 Å². The van der Waals surface area contributed by atoms with E-state index in [-0.39, 0.29) is 24.8 Å². The van der Waals surface area contributed by atoms with Gasteiger partial charge in [-0.1, -0.05) is 34.1 Å². The highest BCUT2D eigenvalue weighted by Crippen LogP contribution is 2.14. The van der Waals surface area contributed by atoms with E-state index in [1.54, 1.807) is 0 Å². The van der Waals surface area contributed by atoms with Gasteiger partial charge >= 0.3 is 0 Å². The van der Waals surface area contributed by atoms with Crippen LogP contribution in [0.5, 0.6) is 0 Å². The van der Waals surface area contributed by atoms with Gasteiger partial charge in [-0.25, -0.2) is 0 Å². The van der Waals surface area contributed by atoms with Crippen molar-refractivity contribution in [3.05, 3.63) is 34.3 Å². The number of hydrogen-bond acceptors (Lipinski definition) is 2. The number of nitrogens with two attached hydrogens (primary N) is 1. The van der Waals surface area contributed by atoms with Gasteiger partial charge in [0.25, 0.3) is 0 Å². The third-order valence-electron chi connectivity index (χ3n) is 1.25. The monoisotopic (exact) mass is 272 g/mol. The van der Waals surface area contributed by atoms with Crippen LogP contribution in [0, 0.1) is 0 Å². The van der Waals surface area contributed by atoms with Gasteiger partial charge < -0.3 is 0 Å². The summed E-state index contributed by atoms with van der Waals surface area (Å²) in [6, 6.07) is 7.97. The molecular weight excluding hydrogens is 263 g/mol. The molecule has 0 spiro atoms. The number of rotatable bonds is 2. The molecule has 2 nitrogen and oxygen atoms in total. The number of hydrogen-bond donors (Lipinski definition) is 2. The molecule has 1 aromatic carbocycles. The Kier molecular flexibility index (Phi) is 9.60. The predicted molar refractivity (Wildman–Crippen MR) is 59.7 cm³/mol. The van der Waals surface area contributed by atoms with Crippen molar-refractivity contribution in [3.8, 4) is 0 Å². The van der Waals surface area contributed by atoms with Crippen LogP contribution in [-0.4, -0.2) is 0 Å². The van der Waals surface area contributed by atoms with E-state index < -0.39 is 0 Å². The Labute approximate surface area is 92.8 Å². The van der Waals surface area contributed by atoms with Crippen LogP contribution < -0.4 is 11.3 Å². The van der Waals surface area contributed by atoms with E-state index in [0.29, 0.717) is 6.54 Å². The maximum absolute atomic E-state index is 5.16. The summed E-state index contributed by atoms with van der Waals surface area (Å²) in [5, 5.41) is 0. The molecule has 0 amide bonds. The molecule has 1 aromatic rings. The topological polar surface area (TPSA) is 38.0 Å². The molecule has 0 atom stereocenters. The minimum Gasteiger partial charge on any atom is -0.271 e. The molecule has 0 heterocycles. The Bertz CT molecular complexity index is 220. The molecule has 0 aromatic heterocycles. The second kappa shape index (κ2) is 7.83. The molecule has 5 heteroatoms. The summed E-state index contributed by atoms with van der Waals surface area (Å²) in [5.74, 6) is 5.16. The Balaban J connectivity index is 0. The van der Waals surface area contributed by atoms with Gasteiger partial charge in [0.15, 0.2) is 0 Å². The molecule has 70 valence electrons. The van der Waals surface area contributed by atoms with Crippen molar-refractivity contribution < 1.29 is 0 Å². The molecule has 0 aliphatic carbocycles. The van der Waals surface area contributed by atoms with Crippen molar-refractivity contribution in [2.24, 2.45) is 5.84 Å². The zero-order chi connectivity index (χ0) is 7.40. The van der Waals surface area contributed by atoms with Crippen LogP contribution in [0.25, 0.3) is 0 Å². The van der Waals surface area contributed by atoms with Gasteiger partial charge in [0, 0.05) is 11.0 Å². The minimum atomic E-state index is 0. The fraction of sp³-hybridized carbons (Fsp3) is 0.143.